The molecule has 3 atom stereocenters. The molecule has 0 bridgehead atoms. The summed E-state index contributed by atoms with van der Waals surface area (Å²) in [4.78, 5) is 50.1. The number of carboxylic acid groups (broad SMARTS) is 1. The zero-order valence-electron chi connectivity index (χ0n) is 16.8. The van der Waals surface area contributed by atoms with E-state index in [0.29, 0.717) is 18.5 Å². The molecule has 3 aliphatic rings. The van der Waals surface area contributed by atoms with E-state index in [4.69, 9.17) is 5.73 Å². The van der Waals surface area contributed by atoms with Gasteiger partial charge in [-0.15, -0.1) is 0 Å². The monoisotopic (exact) mass is 419 g/mol. The Labute approximate surface area is 195 Å². The van der Waals surface area contributed by atoms with Crippen LogP contribution in [0.5, 0.6) is 0 Å². The van der Waals surface area contributed by atoms with E-state index >= 15 is 0 Å². The van der Waals surface area contributed by atoms with Gasteiger partial charge in [-0.3, -0.25) is 14.4 Å². The Morgan fingerprint density at radius 3 is 2.70 bits per heavy atom. The topological polar surface area (TPSA) is 128 Å². The van der Waals surface area contributed by atoms with Crippen molar-refractivity contribution in [2.45, 2.75) is 32.0 Å². The van der Waals surface area contributed by atoms with Gasteiger partial charge >= 0.3 is 29.6 Å². The molecule has 1 aromatic rings. The standard InChI is InChI=1S/C20H20N4O5.Na/c1-11(25)23-9-14-7-13(17(20(28)29)24-16(14)18(23)19(24)27)5-4-12-3-2-6-22(8-12)10-15(21)26;/h2-6,8,14,16,18H,7,9-10H2,1H3,(H2-,21,26,28,29);/q;+1/b5-4+;/t14?,16-,18?;/m1./s1. The van der Waals surface area contributed by atoms with Gasteiger partial charge in [-0.1, -0.05) is 6.08 Å². The first-order valence-corrected chi connectivity index (χ1v) is 9.28. The number of hydrogen-bond donors (Lipinski definition) is 1. The van der Waals surface area contributed by atoms with Gasteiger partial charge in [0.05, 0.1) is 17.7 Å². The minimum Gasteiger partial charge on any atom is -0.543 e. The number of nitrogens with zero attached hydrogens (tertiary/aromatic N) is 3. The maximum atomic E-state index is 12.6. The number of amides is 3. The summed E-state index contributed by atoms with van der Waals surface area (Å²) in [6.45, 7) is 1.87. The first kappa shape index (κ1) is 22.2. The number of allylic oxidation sites excluding steroid dienone is 2. The molecule has 3 amide bonds. The van der Waals surface area contributed by atoms with Crippen LogP contribution in [-0.4, -0.2) is 52.1 Å². The molecule has 2 fully saturated rings. The number of likely N-dealkylation sites (tertiary alicyclic amines) is 1. The minimum absolute atomic E-state index is 0. The fourth-order valence-corrected chi connectivity index (χ4v) is 4.55. The molecule has 10 heteroatoms. The molecule has 2 saturated heterocycles. The van der Waals surface area contributed by atoms with Gasteiger partial charge in [0.15, 0.2) is 12.4 Å². The molecule has 0 aromatic carbocycles. The van der Waals surface area contributed by atoms with Crippen LogP contribution in [0, 0.1) is 5.92 Å². The average Bonchev–Trinajstić information content (AvgIpc) is 3.02. The van der Waals surface area contributed by atoms with Crippen molar-refractivity contribution in [3.05, 3.63) is 47.4 Å². The van der Waals surface area contributed by atoms with E-state index in [2.05, 4.69) is 0 Å². The van der Waals surface area contributed by atoms with Crippen molar-refractivity contribution in [3.8, 4) is 0 Å². The van der Waals surface area contributed by atoms with Crippen LogP contribution in [0.3, 0.4) is 0 Å². The summed E-state index contributed by atoms with van der Waals surface area (Å²) in [5.41, 5.74) is 6.30. The van der Waals surface area contributed by atoms with Crippen molar-refractivity contribution >= 4 is 29.8 Å². The number of hydrogen-bond acceptors (Lipinski definition) is 5. The average molecular weight is 419 g/mol. The smallest absolute Gasteiger partial charge is 0.543 e. The van der Waals surface area contributed by atoms with Crippen LogP contribution < -0.4 is 45.0 Å². The van der Waals surface area contributed by atoms with Crippen molar-refractivity contribution in [2.75, 3.05) is 6.54 Å². The Hall–Kier alpha value is -2.49. The summed E-state index contributed by atoms with van der Waals surface area (Å²) in [7, 11) is 0. The predicted molar refractivity (Wildman–Crippen MR) is 96.8 cm³/mol. The molecule has 4 rings (SSSR count). The normalized spacial score (nSPS) is 24.4. The second kappa shape index (κ2) is 8.33. The number of β-lactam (4-membered cyclic amide) rings is 1. The Balaban J connectivity index is 0.00000256. The molecular weight excluding hydrogens is 399 g/mol. The molecular formula is C20H20N4NaO5+. The maximum Gasteiger partial charge on any atom is 1.00 e. The first-order chi connectivity index (χ1) is 13.8. The number of carbonyl (C=O) groups excluding carboxylic acids is 4. The number of rotatable bonds is 5. The molecule has 0 saturated carbocycles. The van der Waals surface area contributed by atoms with Crippen LogP contribution >= 0.6 is 0 Å². The minimum atomic E-state index is -1.41. The predicted octanol–water partition coefficient (Wildman–Crippen LogP) is -5.06. The Kier molecular flexibility index (Phi) is 6.16. The molecule has 30 heavy (non-hydrogen) atoms. The van der Waals surface area contributed by atoms with Gasteiger partial charge in [0, 0.05) is 31.0 Å². The first-order valence-electron chi connectivity index (χ1n) is 9.28. The molecule has 3 aliphatic heterocycles. The van der Waals surface area contributed by atoms with E-state index in [1.54, 1.807) is 41.2 Å². The fraction of sp³-hybridized carbons (Fsp3) is 0.350. The van der Waals surface area contributed by atoms with E-state index in [1.807, 2.05) is 0 Å². The number of primary amides is 1. The second-order valence-electron chi connectivity index (χ2n) is 7.55. The Morgan fingerprint density at radius 2 is 2.07 bits per heavy atom. The van der Waals surface area contributed by atoms with E-state index < -0.39 is 17.9 Å². The van der Waals surface area contributed by atoms with Gasteiger partial charge < -0.3 is 25.4 Å². The number of carbonyl (C=O) groups is 4. The summed E-state index contributed by atoms with van der Waals surface area (Å²) in [6, 6.07) is 2.68. The Bertz CT molecular complexity index is 1000. The number of carboxylic acids is 1. The molecule has 150 valence electrons. The van der Waals surface area contributed by atoms with Gasteiger partial charge in [-0.25, -0.2) is 0 Å². The summed E-state index contributed by atoms with van der Waals surface area (Å²) in [5, 5.41) is 11.8. The largest absolute Gasteiger partial charge is 1.00 e. The SMILES string of the molecule is CC(=O)N1CC2CC(/C=C/c3ccc[n+](CC(N)=O)c3)=C(C(=O)[O-])N3C(=O)C1[C@@H]23.[Na+]. The molecule has 0 aliphatic carbocycles. The molecule has 2 unspecified atom stereocenters. The van der Waals surface area contributed by atoms with Crippen molar-refractivity contribution in [1.82, 2.24) is 9.80 Å². The molecule has 2 N–H and O–H groups in total. The van der Waals surface area contributed by atoms with Crippen molar-refractivity contribution in [2.24, 2.45) is 11.7 Å². The third-order valence-corrected chi connectivity index (χ3v) is 5.68. The quantitative estimate of drug-likeness (QED) is 0.290. The maximum absolute atomic E-state index is 12.6. The van der Waals surface area contributed by atoms with E-state index in [9.17, 15) is 24.3 Å². The summed E-state index contributed by atoms with van der Waals surface area (Å²) >= 11 is 0. The van der Waals surface area contributed by atoms with Crippen LogP contribution in [0.15, 0.2) is 41.9 Å². The van der Waals surface area contributed by atoms with Crippen LogP contribution in [0.1, 0.15) is 18.9 Å². The van der Waals surface area contributed by atoms with E-state index in [0.717, 1.165) is 5.56 Å². The van der Waals surface area contributed by atoms with Crippen LogP contribution in [-0.2, 0) is 25.7 Å². The van der Waals surface area contributed by atoms with Gasteiger partial charge in [0.2, 0.25) is 12.5 Å². The van der Waals surface area contributed by atoms with Crippen LogP contribution in [0.25, 0.3) is 6.08 Å². The molecule has 0 radical (unpaired) electrons. The second-order valence-corrected chi connectivity index (χ2v) is 7.55. The molecule has 1 aromatic heterocycles. The summed E-state index contributed by atoms with van der Waals surface area (Å²) < 4.78 is 1.62. The number of aromatic nitrogens is 1. The van der Waals surface area contributed by atoms with Crippen molar-refractivity contribution < 1.29 is 58.4 Å². The molecule has 4 heterocycles. The number of pyridine rings is 1. The van der Waals surface area contributed by atoms with Gasteiger partial charge in [0.1, 0.15) is 6.04 Å². The van der Waals surface area contributed by atoms with E-state index in [-0.39, 0.29) is 65.6 Å². The van der Waals surface area contributed by atoms with E-state index in [1.165, 1.54) is 16.7 Å². The number of aliphatic carboxylic acids is 1. The third kappa shape index (κ3) is 3.68. The molecule has 0 spiro atoms. The van der Waals surface area contributed by atoms with Crippen molar-refractivity contribution in [3.63, 3.8) is 0 Å². The third-order valence-electron chi connectivity index (χ3n) is 5.68. The van der Waals surface area contributed by atoms with Gasteiger partial charge in [-0.05, 0) is 24.1 Å². The zero-order chi connectivity index (χ0) is 20.9. The fourth-order valence-electron chi connectivity index (χ4n) is 4.55. The van der Waals surface area contributed by atoms with Gasteiger partial charge in [0.25, 0.3) is 11.8 Å². The summed E-state index contributed by atoms with van der Waals surface area (Å²) in [6.07, 6.45) is 7.22. The van der Waals surface area contributed by atoms with Crippen LogP contribution in [0.2, 0.25) is 0 Å². The summed E-state index contributed by atoms with van der Waals surface area (Å²) in [5.74, 6) is -2.46. The molecule has 9 nitrogen and oxygen atoms in total. The van der Waals surface area contributed by atoms with Gasteiger partial charge in [-0.2, -0.15) is 4.57 Å². The van der Waals surface area contributed by atoms with Crippen LogP contribution in [0.4, 0.5) is 0 Å². The number of nitrogens with two attached hydrogens (primary N) is 1. The van der Waals surface area contributed by atoms with Crippen molar-refractivity contribution in [1.29, 1.82) is 0 Å². The zero-order valence-corrected chi connectivity index (χ0v) is 18.8. The Morgan fingerprint density at radius 1 is 1.33 bits per heavy atom.